The summed E-state index contributed by atoms with van der Waals surface area (Å²) in [5.74, 6) is 2.26. The largest absolute Gasteiger partial charge is 0.481 e. The Morgan fingerprint density at radius 3 is 2.38 bits per heavy atom. The summed E-state index contributed by atoms with van der Waals surface area (Å²) < 4.78 is 12.4. The quantitative estimate of drug-likeness (QED) is 0.564. The molecule has 0 radical (unpaired) electrons. The van der Waals surface area contributed by atoms with Crippen molar-refractivity contribution < 1.29 is 18.9 Å². The van der Waals surface area contributed by atoms with Gasteiger partial charge in [0.05, 0.1) is 0 Å². The molecule has 0 spiro atoms. The number of carboxylic acids is 1. The van der Waals surface area contributed by atoms with Crippen LogP contribution < -0.4 is 0 Å². The highest BCUT2D eigenvalue weighted by atomic mass is 32.2. The van der Waals surface area contributed by atoms with Gasteiger partial charge in [-0.3, -0.25) is 13.8 Å². The van der Waals surface area contributed by atoms with Crippen LogP contribution in [-0.4, -0.2) is 43.1 Å². The van der Waals surface area contributed by atoms with Gasteiger partial charge in [-0.1, -0.05) is 6.42 Å². The van der Waals surface area contributed by atoms with E-state index in [0.29, 0.717) is 41.0 Å². The lowest BCUT2D eigenvalue weighted by atomic mass is 9.77. The molecule has 2 heterocycles. The third-order valence-electron chi connectivity index (χ3n) is 5.61. The van der Waals surface area contributed by atoms with E-state index in [1.54, 1.807) is 0 Å². The molecule has 2 saturated heterocycles. The zero-order valence-corrected chi connectivity index (χ0v) is 15.8. The molecular weight excluding hydrogens is 344 g/mol. The van der Waals surface area contributed by atoms with Crippen LogP contribution in [0.15, 0.2) is 0 Å². The van der Waals surface area contributed by atoms with Gasteiger partial charge in [0.25, 0.3) is 0 Å². The number of rotatable bonds is 11. The first-order chi connectivity index (χ1) is 11.5. The smallest absolute Gasteiger partial charge is 0.303 e. The minimum absolute atomic E-state index is 0.108. The average Bonchev–Trinajstić information content (AvgIpc) is 3.09. The van der Waals surface area contributed by atoms with Crippen molar-refractivity contribution in [1.29, 1.82) is 0 Å². The lowest BCUT2D eigenvalue weighted by Gasteiger charge is -2.28. The maximum Gasteiger partial charge on any atom is 0.303 e. The van der Waals surface area contributed by atoms with Crippen LogP contribution in [0.25, 0.3) is 0 Å². The molecule has 136 valence electrons. The van der Waals surface area contributed by atoms with Crippen molar-refractivity contribution in [3.63, 3.8) is 0 Å². The molecule has 5 atom stereocenters. The molecule has 4 nitrogen and oxygen atoms in total. The second-order valence-electron chi connectivity index (χ2n) is 7.62. The molecular formula is C18H28O4S2. The predicted octanol–water partition coefficient (Wildman–Crippen LogP) is 3.26. The number of carbonyl (C=O) groups is 2. The first kappa shape index (κ1) is 18.4. The van der Waals surface area contributed by atoms with Crippen molar-refractivity contribution in [2.75, 3.05) is 11.5 Å². The Labute approximate surface area is 151 Å². The van der Waals surface area contributed by atoms with Gasteiger partial charge in [-0.2, -0.15) is 11.8 Å². The van der Waals surface area contributed by atoms with Crippen LogP contribution in [0.5, 0.6) is 0 Å². The van der Waals surface area contributed by atoms with Gasteiger partial charge >= 0.3 is 5.97 Å². The summed E-state index contributed by atoms with van der Waals surface area (Å²) >= 11 is 1.97. The minimum Gasteiger partial charge on any atom is -0.481 e. The van der Waals surface area contributed by atoms with Gasteiger partial charge in [0.2, 0.25) is 0 Å². The molecule has 1 N–H and O–H groups in total. The fourth-order valence-corrected chi connectivity index (χ4v) is 8.15. The van der Waals surface area contributed by atoms with Gasteiger partial charge in [-0.25, -0.2) is 0 Å². The van der Waals surface area contributed by atoms with E-state index in [1.807, 2.05) is 11.8 Å². The van der Waals surface area contributed by atoms with E-state index >= 15 is 0 Å². The van der Waals surface area contributed by atoms with Crippen LogP contribution in [0.4, 0.5) is 0 Å². The Morgan fingerprint density at radius 2 is 1.67 bits per heavy atom. The number of Topliss-reactive ketones (excluding diaryl/α,β-unsaturated/α-hetero) is 1. The van der Waals surface area contributed by atoms with Crippen molar-refractivity contribution >= 4 is 34.3 Å². The second kappa shape index (κ2) is 8.35. The predicted molar refractivity (Wildman–Crippen MR) is 97.7 cm³/mol. The zero-order chi connectivity index (χ0) is 17.1. The maximum atomic E-state index is 12.7. The first-order valence-corrected chi connectivity index (χ1v) is 11.7. The molecule has 0 aromatic rings. The summed E-state index contributed by atoms with van der Waals surface area (Å²) in [6, 6.07) is 0. The third-order valence-corrected chi connectivity index (χ3v) is 9.02. The highest BCUT2D eigenvalue weighted by Crippen LogP contribution is 2.54. The number of hydrogen-bond acceptors (Lipinski definition) is 4. The van der Waals surface area contributed by atoms with E-state index < -0.39 is 16.8 Å². The summed E-state index contributed by atoms with van der Waals surface area (Å²) in [5, 5.41) is 9.64. The molecule has 24 heavy (non-hydrogen) atoms. The number of fused-ring (bicyclic) bond motifs is 2. The van der Waals surface area contributed by atoms with E-state index in [4.69, 9.17) is 5.11 Å². The minimum atomic E-state index is -0.761. The highest BCUT2D eigenvalue weighted by Gasteiger charge is 2.51. The van der Waals surface area contributed by atoms with Gasteiger partial charge in [-0.15, -0.1) is 0 Å². The molecule has 0 amide bonds. The molecule has 0 aromatic heterocycles. The first-order valence-electron chi connectivity index (χ1n) is 9.29. The molecule has 3 aliphatic rings. The summed E-state index contributed by atoms with van der Waals surface area (Å²) in [5.41, 5.74) is 0. The van der Waals surface area contributed by atoms with E-state index in [2.05, 4.69) is 0 Å². The fraction of sp³-hybridized carbons (Fsp3) is 0.889. The van der Waals surface area contributed by atoms with Gasteiger partial charge in [0, 0.05) is 51.6 Å². The summed E-state index contributed by atoms with van der Waals surface area (Å²) in [6.07, 6.45) is 7.81. The zero-order valence-electron chi connectivity index (χ0n) is 14.2. The Hall–Kier alpha value is -0.360. The molecule has 6 heteroatoms. The summed E-state index contributed by atoms with van der Waals surface area (Å²) in [4.78, 5) is 23.3. The van der Waals surface area contributed by atoms with Gasteiger partial charge < -0.3 is 5.11 Å². The van der Waals surface area contributed by atoms with Crippen LogP contribution in [0.1, 0.15) is 57.8 Å². The average molecular weight is 373 g/mol. The van der Waals surface area contributed by atoms with Crippen LogP contribution in [0.2, 0.25) is 0 Å². The van der Waals surface area contributed by atoms with E-state index in [1.165, 1.54) is 19.3 Å². The number of thioether (sulfide) groups is 1. The molecule has 1 aliphatic carbocycles. The van der Waals surface area contributed by atoms with Crippen molar-refractivity contribution in [3.05, 3.63) is 0 Å². The number of ketones is 1. The molecule has 2 bridgehead atoms. The Morgan fingerprint density at radius 1 is 0.958 bits per heavy atom. The molecule has 3 rings (SSSR count). The van der Waals surface area contributed by atoms with E-state index in [-0.39, 0.29) is 12.3 Å². The summed E-state index contributed by atoms with van der Waals surface area (Å²) in [6.45, 7) is 0. The molecule has 0 aromatic carbocycles. The number of unbranched alkanes of at least 4 members (excludes halogenated alkanes) is 2. The van der Waals surface area contributed by atoms with Crippen LogP contribution in [0.3, 0.4) is 0 Å². The SMILES string of the molecule is O=C(O)CCCCCC(=O)C1C2CCC(S2)C1CS(=O)CC1CC1. The monoisotopic (exact) mass is 372 g/mol. The Balaban J connectivity index is 1.47. The molecule has 3 fully saturated rings. The van der Waals surface area contributed by atoms with Crippen molar-refractivity contribution in [2.24, 2.45) is 17.8 Å². The van der Waals surface area contributed by atoms with Crippen molar-refractivity contribution in [1.82, 2.24) is 0 Å². The lowest BCUT2D eigenvalue weighted by molar-refractivity contribution is -0.137. The molecule has 5 unspecified atom stereocenters. The fourth-order valence-electron chi connectivity index (χ4n) is 4.18. The van der Waals surface area contributed by atoms with Crippen LogP contribution in [-0.2, 0) is 20.4 Å². The highest BCUT2D eigenvalue weighted by molar-refractivity contribution is 8.01. The van der Waals surface area contributed by atoms with E-state index in [9.17, 15) is 13.8 Å². The van der Waals surface area contributed by atoms with Crippen LogP contribution in [0, 0.1) is 17.8 Å². The lowest BCUT2D eigenvalue weighted by Crippen LogP contribution is -2.37. The third kappa shape index (κ3) is 4.84. The van der Waals surface area contributed by atoms with Crippen LogP contribution >= 0.6 is 11.8 Å². The number of aliphatic carboxylic acids is 1. The normalized spacial score (nSPS) is 32.8. The molecule has 2 aliphatic heterocycles. The number of carbonyl (C=O) groups excluding carboxylic acids is 1. The van der Waals surface area contributed by atoms with Gasteiger partial charge in [0.1, 0.15) is 5.78 Å². The van der Waals surface area contributed by atoms with Gasteiger partial charge in [-0.05, 0) is 50.4 Å². The summed E-state index contributed by atoms with van der Waals surface area (Å²) in [7, 11) is -0.761. The number of hydrogen-bond donors (Lipinski definition) is 1. The number of carboxylic acid groups (broad SMARTS) is 1. The van der Waals surface area contributed by atoms with Gasteiger partial charge in [0.15, 0.2) is 0 Å². The van der Waals surface area contributed by atoms with E-state index in [0.717, 1.165) is 30.8 Å². The maximum absolute atomic E-state index is 12.7. The Kier molecular flexibility index (Phi) is 6.41. The standard InChI is InChI=1S/C18H28O4S2/c19-14(4-2-1-3-5-17(20)21)18-13(15-8-9-16(18)23-15)11-24(22)10-12-6-7-12/h12-13,15-16,18H,1-11H2,(H,20,21). The van der Waals surface area contributed by atoms with Crippen molar-refractivity contribution in [2.45, 2.75) is 68.3 Å². The topological polar surface area (TPSA) is 71.4 Å². The van der Waals surface area contributed by atoms with Crippen molar-refractivity contribution in [3.8, 4) is 0 Å². The second-order valence-corrected chi connectivity index (χ2v) is 10.6. The Bertz CT molecular complexity index is 503. The molecule has 1 saturated carbocycles.